The molecule has 0 aliphatic heterocycles. The van der Waals surface area contributed by atoms with Crippen LogP contribution >= 0.6 is 0 Å². The van der Waals surface area contributed by atoms with Crippen molar-refractivity contribution in [3.63, 3.8) is 0 Å². The van der Waals surface area contributed by atoms with Crippen LogP contribution in [0.5, 0.6) is 5.75 Å². The lowest BCUT2D eigenvalue weighted by Crippen LogP contribution is -2.07. The number of para-hydroxylation sites is 1. The van der Waals surface area contributed by atoms with Gasteiger partial charge in [0.05, 0.1) is 7.11 Å². The summed E-state index contributed by atoms with van der Waals surface area (Å²) in [7, 11) is 1.67. The van der Waals surface area contributed by atoms with Gasteiger partial charge in [0.1, 0.15) is 12.0 Å². The van der Waals surface area contributed by atoms with Crippen LogP contribution in [0.1, 0.15) is 18.9 Å². The van der Waals surface area contributed by atoms with Crippen LogP contribution in [-0.4, -0.2) is 13.4 Å². The molecule has 2 heteroatoms. The van der Waals surface area contributed by atoms with Gasteiger partial charge in [-0.2, -0.15) is 0 Å². The Bertz CT molecular complexity index is 359. The summed E-state index contributed by atoms with van der Waals surface area (Å²) in [5, 5.41) is 0. The molecule has 1 aromatic carbocycles. The first kappa shape index (κ1) is 9.25. The average Bonchev–Trinajstić information content (AvgIpc) is 2.91. The third-order valence-electron chi connectivity index (χ3n) is 3.19. The maximum absolute atomic E-state index is 10.7. The number of ether oxygens (including phenoxy) is 1. The van der Waals surface area contributed by atoms with Gasteiger partial charge in [0.15, 0.2) is 0 Å². The largest absolute Gasteiger partial charge is 0.496 e. The van der Waals surface area contributed by atoms with Crippen LogP contribution in [0.2, 0.25) is 0 Å². The molecule has 1 aliphatic carbocycles. The van der Waals surface area contributed by atoms with Crippen LogP contribution in [0.3, 0.4) is 0 Å². The molecule has 0 bridgehead atoms. The topological polar surface area (TPSA) is 26.3 Å². The number of methoxy groups -OCH3 is 1. The molecule has 0 N–H and O–H groups in total. The zero-order valence-electron chi connectivity index (χ0n) is 8.49. The number of benzene rings is 1. The van der Waals surface area contributed by atoms with Gasteiger partial charge < -0.3 is 9.53 Å². The zero-order valence-corrected chi connectivity index (χ0v) is 8.49. The van der Waals surface area contributed by atoms with E-state index in [9.17, 15) is 4.79 Å². The molecule has 2 nitrogen and oxygen atoms in total. The smallest absolute Gasteiger partial charge is 0.123 e. The minimum absolute atomic E-state index is 0.00829. The lowest BCUT2D eigenvalue weighted by atomic mass is 9.95. The summed E-state index contributed by atoms with van der Waals surface area (Å²) < 4.78 is 5.29. The monoisotopic (exact) mass is 190 g/mol. The molecule has 14 heavy (non-hydrogen) atoms. The van der Waals surface area contributed by atoms with E-state index < -0.39 is 0 Å². The second-order valence-electron chi connectivity index (χ2n) is 4.06. The summed E-state index contributed by atoms with van der Waals surface area (Å²) >= 11 is 0. The summed E-state index contributed by atoms with van der Waals surface area (Å²) in [6, 6.07) is 7.93. The van der Waals surface area contributed by atoms with Crippen molar-refractivity contribution in [2.45, 2.75) is 18.8 Å². The van der Waals surface area contributed by atoms with Gasteiger partial charge in [0.25, 0.3) is 0 Å². The Hall–Kier alpha value is -1.31. The van der Waals surface area contributed by atoms with Gasteiger partial charge in [-0.25, -0.2) is 0 Å². The highest BCUT2D eigenvalue weighted by molar-refractivity contribution is 5.65. The molecule has 0 saturated heterocycles. The van der Waals surface area contributed by atoms with Crippen LogP contribution in [0.15, 0.2) is 24.3 Å². The van der Waals surface area contributed by atoms with E-state index in [1.54, 1.807) is 7.11 Å². The number of hydrogen-bond donors (Lipinski definition) is 0. The van der Waals surface area contributed by atoms with Crippen molar-refractivity contribution in [3.8, 4) is 5.75 Å². The molecular weight excluding hydrogens is 176 g/mol. The van der Waals surface area contributed by atoms with Crippen LogP contribution < -0.4 is 4.74 Å². The summed E-state index contributed by atoms with van der Waals surface area (Å²) in [5.74, 6) is 1.05. The van der Waals surface area contributed by atoms with Crippen molar-refractivity contribution in [2.75, 3.05) is 7.11 Å². The molecule has 1 fully saturated rings. The number of carbonyl (C=O) groups excluding carboxylic acids is 1. The van der Waals surface area contributed by atoms with Crippen molar-refractivity contribution < 1.29 is 9.53 Å². The van der Waals surface area contributed by atoms with Gasteiger partial charge in [-0.1, -0.05) is 25.1 Å². The molecule has 0 radical (unpaired) electrons. The van der Waals surface area contributed by atoms with E-state index in [-0.39, 0.29) is 11.3 Å². The maximum Gasteiger partial charge on any atom is 0.123 e. The Morgan fingerprint density at radius 2 is 2.21 bits per heavy atom. The molecule has 0 heterocycles. The Kier molecular flexibility index (Phi) is 2.06. The minimum Gasteiger partial charge on any atom is -0.496 e. The zero-order chi connectivity index (χ0) is 10.2. The predicted octanol–water partition coefficient (Wildman–Crippen LogP) is 2.17. The second-order valence-corrected chi connectivity index (χ2v) is 4.06. The highest BCUT2D eigenvalue weighted by Gasteiger charge is 2.52. The van der Waals surface area contributed by atoms with E-state index in [4.69, 9.17) is 4.74 Å². The van der Waals surface area contributed by atoms with Crippen molar-refractivity contribution in [1.29, 1.82) is 0 Å². The van der Waals surface area contributed by atoms with Crippen molar-refractivity contribution in [1.82, 2.24) is 0 Å². The SMILES string of the molecule is COc1ccccc1C1(C)CC1C=O. The van der Waals surface area contributed by atoms with Gasteiger partial charge in [0.2, 0.25) is 0 Å². The van der Waals surface area contributed by atoms with Gasteiger partial charge in [-0.15, -0.1) is 0 Å². The fraction of sp³-hybridized carbons (Fsp3) is 0.417. The fourth-order valence-electron chi connectivity index (χ4n) is 2.02. The van der Waals surface area contributed by atoms with Gasteiger partial charge >= 0.3 is 0 Å². The molecule has 2 unspecified atom stereocenters. The van der Waals surface area contributed by atoms with Gasteiger partial charge in [0, 0.05) is 16.9 Å². The van der Waals surface area contributed by atoms with E-state index in [1.165, 1.54) is 0 Å². The third kappa shape index (κ3) is 1.22. The Morgan fingerprint density at radius 1 is 1.50 bits per heavy atom. The van der Waals surface area contributed by atoms with Gasteiger partial charge in [-0.05, 0) is 12.5 Å². The van der Waals surface area contributed by atoms with Gasteiger partial charge in [-0.3, -0.25) is 0 Å². The lowest BCUT2D eigenvalue weighted by molar-refractivity contribution is -0.109. The first-order valence-corrected chi connectivity index (χ1v) is 4.81. The van der Waals surface area contributed by atoms with Crippen LogP contribution in [-0.2, 0) is 10.2 Å². The molecule has 0 amide bonds. The van der Waals surface area contributed by atoms with Crippen LogP contribution in [0.4, 0.5) is 0 Å². The molecule has 2 rings (SSSR count). The van der Waals surface area contributed by atoms with Crippen molar-refractivity contribution in [2.24, 2.45) is 5.92 Å². The second kappa shape index (κ2) is 3.12. The van der Waals surface area contributed by atoms with E-state index in [0.29, 0.717) is 0 Å². The quantitative estimate of drug-likeness (QED) is 0.683. The molecule has 74 valence electrons. The van der Waals surface area contributed by atoms with E-state index in [2.05, 4.69) is 6.92 Å². The Morgan fingerprint density at radius 3 is 2.79 bits per heavy atom. The number of hydrogen-bond acceptors (Lipinski definition) is 2. The molecule has 2 atom stereocenters. The highest BCUT2D eigenvalue weighted by Crippen LogP contribution is 2.55. The number of aldehydes is 1. The highest BCUT2D eigenvalue weighted by atomic mass is 16.5. The molecule has 1 aliphatic rings. The number of rotatable bonds is 3. The van der Waals surface area contributed by atoms with Crippen molar-refractivity contribution >= 4 is 6.29 Å². The lowest BCUT2D eigenvalue weighted by Gasteiger charge is -2.14. The van der Waals surface area contributed by atoms with E-state index >= 15 is 0 Å². The third-order valence-corrected chi connectivity index (χ3v) is 3.19. The first-order valence-electron chi connectivity index (χ1n) is 4.81. The Balaban J connectivity index is 2.37. The number of carbonyl (C=O) groups is 1. The molecule has 0 spiro atoms. The summed E-state index contributed by atoms with van der Waals surface area (Å²) in [5.41, 5.74) is 1.16. The average molecular weight is 190 g/mol. The molecule has 1 aromatic rings. The van der Waals surface area contributed by atoms with Crippen LogP contribution in [0, 0.1) is 5.92 Å². The molecular formula is C12H14O2. The molecule has 0 aromatic heterocycles. The van der Waals surface area contributed by atoms with Crippen LogP contribution in [0.25, 0.3) is 0 Å². The summed E-state index contributed by atoms with van der Waals surface area (Å²) in [4.78, 5) is 10.7. The maximum atomic E-state index is 10.7. The van der Waals surface area contributed by atoms with E-state index in [0.717, 1.165) is 24.0 Å². The predicted molar refractivity (Wildman–Crippen MR) is 54.5 cm³/mol. The fourth-order valence-corrected chi connectivity index (χ4v) is 2.02. The minimum atomic E-state index is 0.00829. The molecule has 1 saturated carbocycles. The Labute approximate surface area is 83.9 Å². The van der Waals surface area contributed by atoms with E-state index in [1.807, 2.05) is 24.3 Å². The summed E-state index contributed by atoms with van der Waals surface area (Å²) in [6.45, 7) is 2.12. The standard InChI is InChI=1S/C12H14O2/c1-12(7-9(12)8-13)10-5-3-4-6-11(10)14-2/h3-6,8-9H,7H2,1-2H3. The normalized spacial score (nSPS) is 29.7. The first-order chi connectivity index (χ1) is 6.72. The van der Waals surface area contributed by atoms with Crippen molar-refractivity contribution in [3.05, 3.63) is 29.8 Å². The summed E-state index contributed by atoms with van der Waals surface area (Å²) in [6.07, 6.45) is 1.99.